The lowest BCUT2D eigenvalue weighted by atomic mass is 9.79. The van der Waals surface area contributed by atoms with Crippen molar-refractivity contribution in [1.82, 2.24) is 0 Å². The summed E-state index contributed by atoms with van der Waals surface area (Å²) >= 11 is 23.2. The van der Waals surface area contributed by atoms with Gasteiger partial charge in [-0.05, 0) is 0 Å². The Balaban J connectivity index is 3.66. The number of hydrogen-bond donors (Lipinski definition) is 2. The molecule has 0 amide bonds. The molecule has 2 N–H and O–H groups in total. The molecule has 0 fully saturated rings. The maximum Gasteiger partial charge on any atom is 0.157 e. The summed E-state index contributed by atoms with van der Waals surface area (Å²) in [5, 5.41) is 19.7. The molecule has 2 nitrogen and oxygen atoms in total. The van der Waals surface area contributed by atoms with Crippen molar-refractivity contribution >= 4 is 46.4 Å². The highest BCUT2D eigenvalue weighted by Gasteiger charge is 2.54. The van der Waals surface area contributed by atoms with Gasteiger partial charge in [-0.25, -0.2) is 0 Å². The van der Waals surface area contributed by atoms with Crippen molar-refractivity contribution in [2.75, 3.05) is 0 Å². The van der Waals surface area contributed by atoms with E-state index in [1.165, 1.54) is 0 Å². The molecule has 0 spiro atoms. The van der Waals surface area contributed by atoms with Crippen LogP contribution in [0.2, 0.25) is 0 Å². The zero-order valence-electron chi connectivity index (χ0n) is 7.98. The third-order valence-corrected chi connectivity index (χ3v) is 4.42. The van der Waals surface area contributed by atoms with Crippen molar-refractivity contribution in [2.24, 2.45) is 0 Å². The summed E-state index contributed by atoms with van der Waals surface area (Å²) in [6.45, 7) is 6.77. The van der Waals surface area contributed by atoms with Gasteiger partial charge in [0.05, 0.1) is 20.1 Å². The predicted octanol–water partition coefficient (Wildman–Crippen LogP) is 3.21. The Hall–Kier alpha value is 0.0400. The molecule has 16 heavy (non-hydrogen) atoms. The predicted molar refractivity (Wildman–Crippen MR) is 67.8 cm³/mol. The first kappa shape index (κ1) is 14.1. The van der Waals surface area contributed by atoms with E-state index in [0.29, 0.717) is 0 Å². The topological polar surface area (TPSA) is 40.5 Å². The van der Waals surface area contributed by atoms with E-state index in [2.05, 4.69) is 13.2 Å². The number of hydrogen-bond acceptors (Lipinski definition) is 2. The van der Waals surface area contributed by atoms with Crippen LogP contribution in [0, 0.1) is 0 Å². The van der Waals surface area contributed by atoms with E-state index in [1.54, 1.807) is 0 Å². The first-order chi connectivity index (χ1) is 7.26. The van der Waals surface area contributed by atoms with Gasteiger partial charge in [-0.2, -0.15) is 0 Å². The molecule has 0 aromatic heterocycles. The van der Waals surface area contributed by atoms with Crippen LogP contribution in [0.25, 0.3) is 0 Å². The zero-order valence-corrected chi connectivity index (χ0v) is 11.0. The molecule has 0 aromatic carbocycles. The largest absolute Gasteiger partial charge is 0.376 e. The van der Waals surface area contributed by atoms with Gasteiger partial charge in [0.2, 0.25) is 0 Å². The molecule has 0 aromatic rings. The van der Waals surface area contributed by atoms with Crippen LogP contribution < -0.4 is 0 Å². The van der Waals surface area contributed by atoms with Gasteiger partial charge in [-0.3, -0.25) is 0 Å². The van der Waals surface area contributed by atoms with Crippen molar-refractivity contribution in [1.29, 1.82) is 0 Å². The quantitative estimate of drug-likeness (QED) is 0.769. The smallest absolute Gasteiger partial charge is 0.157 e. The number of rotatable bonds is 2. The van der Waals surface area contributed by atoms with Crippen molar-refractivity contribution < 1.29 is 10.2 Å². The Morgan fingerprint density at radius 2 is 1.06 bits per heavy atom. The summed E-state index contributed by atoms with van der Waals surface area (Å²) in [4.78, 5) is 0. The van der Waals surface area contributed by atoms with Crippen LogP contribution in [0.15, 0.2) is 45.4 Å². The fourth-order valence-corrected chi connectivity index (χ4v) is 2.56. The Morgan fingerprint density at radius 1 is 0.812 bits per heavy atom. The second-order valence-corrected chi connectivity index (χ2v) is 4.71. The third-order valence-electron chi connectivity index (χ3n) is 2.42. The van der Waals surface area contributed by atoms with E-state index in [1.807, 2.05) is 0 Å². The molecule has 6 heteroatoms. The van der Waals surface area contributed by atoms with Gasteiger partial charge >= 0.3 is 0 Å². The van der Waals surface area contributed by atoms with Crippen molar-refractivity contribution in [3.63, 3.8) is 0 Å². The Kier molecular flexibility index (Phi) is 3.85. The van der Waals surface area contributed by atoms with Crippen LogP contribution in [0.5, 0.6) is 0 Å². The standard InChI is InChI=1S/C10H8Cl4O2/c1-3-9(15)7(13)5(11)6(12)8(14)10(9,16)4-2/h3-4,15-16H,1-2H2/t9-,10+. The normalized spacial score (nSPS) is 35.4. The molecule has 0 saturated heterocycles. The third kappa shape index (κ3) is 1.57. The summed E-state index contributed by atoms with van der Waals surface area (Å²) in [6, 6.07) is 0. The van der Waals surface area contributed by atoms with Crippen LogP contribution in [-0.4, -0.2) is 21.4 Å². The molecule has 0 bridgehead atoms. The fourth-order valence-electron chi connectivity index (χ4n) is 1.35. The Morgan fingerprint density at radius 3 is 1.25 bits per heavy atom. The van der Waals surface area contributed by atoms with Crippen molar-refractivity contribution in [3.05, 3.63) is 45.4 Å². The van der Waals surface area contributed by atoms with Gasteiger partial charge in [-0.15, -0.1) is 0 Å². The molecule has 0 saturated carbocycles. The number of halogens is 4. The summed E-state index contributed by atoms with van der Waals surface area (Å²) in [7, 11) is 0. The van der Waals surface area contributed by atoms with Crippen molar-refractivity contribution in [3.8, 4) is 0 Å². The minimum Gasteiger partial charge on any atom is -0.376 e. The highest BCUT2D eigenvalue weighted by Crippen LogP contribution is 2.50. The van der Waals surface area contributed by atoms with Crippen LogP contribution in [0.4, 0.5) is 0 Å². The first-order valence-corrected chi connectivity index (χ1v) is 5.61. The van der Waals surface area contributed by atoms with Crippen LogP contribution in [0.1, 0.15) is 0 Å². The van der Waals surface area contributed by atoms with E-state index >= 15 is 0 Å². The molecule has 0 aliphatic heterocycles. The molecule has 1 aliphatic carbocycles. The molecule has 0 radical (unpaired) electrons. The van der Waals surface area contributed by atoms with Crippen LogP contribution >= 0.6 is 46.4 Å². The van der Waals surface area contributed by atoms with Gasteiger partial charge in [0.15, 0.2) is 11.2 Å². The van der Waals surface area contributed by atoms with Gasteiger partial charge < -0.3 is 10.2 Å². The molecule has 0 unspecified atom stereocenters. The molecule has 1 rings (SSSR count). The van der Waals surface area contributed by atoms with E-state index < -0.39 is 11.2 Å². The maximum atomic E-state index is 10.2. The van der Waals surface area contributed by atoms with Crippen LogP contribution in [0.3, 0.4) is 0 Å². The number of allylic oxidation sites excluding steroid dienone is 2. The number of aliphatic hydroxyl groups is 2. The molecule has 88 valence electrons. The molecular weight excluding hydrogens is 294 g/mol. The molecule has 0 heterocycles. The Labute approximate surface area is 113 Å². The average Bonchev–Trinajstić information content (AvgIpc) is 2.31. The minimum atomic E-state index is -2.05. The monoisotopic (exact) mass is 300 g/mol. The van der Waals surface area contributed by atoms with Gasteiger partial charge in [0, 0.05) is 0 Å². The highest BCUT2D eigenvalue weighted by molar-refractivity contribution is 6.52. The lowest BCUT2D eigenvalue weighted by Gasteiger charge is -2.42. The lowest BCUT2D eigenvalue weighted by Crippen LogP contribution is -2.54. The maximum absolute atomic E-state index is 10.2. The van der Waals surface area contributed by atoms with Gasteiger partial charge in [0.1, 0.15) is 0 Å². The minimum absolute atomic E-state index is 0.137. The summed E-state index contributed by atoms with van der Waals surface area (Å²) in [5.74, 6) is 0. The molecular formula is C10H8Cl4O2. The fraction of sp³-hybridized carbons (Fsp3) is 0.200. The van der Waals surface area contributed by atoms with Gasteiger partial charge in [0.25, 0.3) is 0 Å². The summed E-state index contributed by atoms with van der Waals surface area (Å²) in [5.41, 5.74) is -4.11. The van der Waals surface area contributed by atoms with E-state index in [9.17, 15) is 10.2 Å². The van der Waals surface area contributed by atoms with Gasteiger partial charge in [-0.1, -0.05) is 71.7 Å². The van der Waals surface area contributed by atoms with E-state index in [-0.39, 0.29) is 20.1 Å². The molecule has 2 atom stereocenters. The lowest BCUT2D eigenvalue weighted by molar-refractivity contribution is -0.0371. The Bertz CT molecular complexity index is 387. The second kappa shape index (κ2) is 4.37. The summed E-state index contributed by atoms with van der Waals surface area (Å²) < 4.78 is 0. The SMILES string of the molecule is C=C[C@@]1(O)C(Cl)=C(Cl)C(Cl)=C(Cl)[C@@]1(O)C=C. The van der Waals surface area contributed by atoms with Crippen molar-refractivity contribution in [2.45, 2.75) is 11.2 Å². The highest BCUT2D eigenvalue weighted by atomic mass is 35.5. The molecule has 1 aliphatic rings. The first-order valence-electron chi connectivity index (χ1n) is 4.10. The average molecular weight is 302 g/mol. The zero-order chi connectivity index (χ0) is 12.7. The van der Waals surface area contributed by atoms with E-state index in [4.69, 9.17) is 46.4 Å². The second-order valence-electron chi connectivity index (χ2n) is 3.20. The van der Waals surface area contributed by atoms with E-state index in [0.717, 1.165) is 12.2 Å². The summed E-state index contributed by atoms with van der Waals surface area (Å²) in [6.07, 6.45) is 2.04. The van der Waals surface area contributed by atoms with Crippen LogP contribution in [-0.2, 0) is 0 Å².